The Morgan fingerprint density at radius 3 is 2.78 bits per heavy atom. The number of hydrogen-bond acceptors (Lipinski definition) is 4. The maximum Gasteiger partial charge on any atom is 0.358 e. The molecule has 2 heterocycles. The van der Waals surface area contributed by atoms with Crippen LogP contribution in [0.25, 0.3) is 16.3 Å². The fourth-order valence-corrected chi connectivity index (χ4v) is 3.34. The molecule has 3 aromatic rings. The summed E-state index contributed by atoms with van der Waals surface area (Å²) in [5, 5.41) is 7.31. The lowest BCUT2D eigenvalue weighted by atomic mass is 10.2. The number of aromatic nitrogens is 2. The van der Waals surface area contributed by atoms with Gasteiger partial charge in [0, 0.05) is 11.1 Å². The fraction of sp³-hybridized carbons (Fsp3) is 0.125. The summed E-state index contributed by atoms with van der Waals surface area (Å²) in [5.41, 5.74) is 1.66. The number of nitrogens with zero attached hydrogens (tertiary/aromatic N) is 2. The standard InChI is InChI=1S/C16H12Cl2N2O2S/c1-2-22-16(21)12-9-14(15-4-3-7-23-15)20(19-12)13-6-5-10(17)8-11(13)18/h3-9H,2H2,1H3. The lowest BCUT2D eigenvalue weighted by Gasteiger charge is -2.08. The van der Waals surface area contributed by atoms with Gasteiger partial charge in [-0.1, -0.05) is 29.3 Å². The van der Waals surface area contributed by atoms with E-state index in [0.29, 0.717) is 22.3 Å². The monoisotopic (exact) mass is 366 g/mol. The maximum absolute atomic E-state index is 12.0. The normalized spacial score (nSPS) is 10.7. The molecule has 0 atom stereocenters. The molecule has 7 heteroatoms. The van der Waals surface area contributed by atoms with Crippen LogP contribution in [0.4, 0.5) is 0 Å². The zero-order chi connectivity index (χ0) is 16.4. The molecule has 4 nitrogen and oxygen atoms in total. The first kappa shape index (κ1) is 16.1. The zero-order valence-electron chi connectivity index (χ0n) is 12.1. The Kier molecular flexibility index (Phi) is 4.71. The predicted octanol–water partition coefficient (Wildman–Crippen LogP) is 5.08. The van der Waals surface area contributed by atoms with Crippen molar-refractivity contribution in [2.24, 2.45) is 0 Å². The lowest BCUT2D eigenvalue weighted by Crippen LogP contribution is -2.07. The molecule has 118 valence electrons. The highest BCUT2D eigenvalue weighted by atomic mass is 35.5. The number of thiophene rings is 1. The van der Waals surface area contributed by atoms with Crippen LogP contribution >= 0.6 is 34.5 Å². The van der Waals surface area contributed by atoms with Gasteiger partial charge in [-0.25, -0.2) is 9.48 Å². The van der Waals surface area contributed by atoms with Crippen LogP contribution in [0.2, 0.25) is 10.0 Å². The average molecular weight is 367 g/mol. The minimum absolute atomic E-state index is 0.237. The topological polar surface area (TPSA) is 44.1 Å². The van der Waals surface area contributed by atoms with Gasteiger partial charge in [-0.15, -0.1) is 11.3 Å². The van der Waals surface area contributed by atoms with Crippen molar-refractivity contribution in [3.8, 4) is 16.3 Å². The van der Waals surface area contributed by atoms with Crippen molar-refractivity contribution in [1.82, 2.24) is 9.78 Å². The Morgan fingerprint density at radius 2 is 2.13 bits per heavy atom. The number of carbonyl (C=O) groups excluding carboxylic acids is 1. The fourth-order valence-electron chi connectivity index (χ4n) is 2.12. The number of hydrogen-bond donors (Lipinski definition) is 0. The van der Waals surface area contributed by atoms with Crippen molar-refractivity contribution < 1.29 is 9.53 Å². The van der Waals surface area contributed by atoms with Crippen molar-refractivity contribution in [3.63, 3.8) is 0 Å². The molecule has 0 fully saturated rings. The van der Waals surface area contributed by atoms with E-state index in [1.807, 2.05) is 17.5 Å². The van der Waals surface area contributed by atoms with Gasteiger partial charge in [0.05, 0.1) is 27.9 Å². The second kappa shape index (κ2) is 6.74. The minimum Gasteiger partial charge on any atom is -0.461 e. The van der Waals surface area contributed by atoms with Gasteiger partial charge >= 0.3 is 5.97 Å². The maximum atomic E-state index is 12.0. The van der Waals surface area contributed by atoms with Crippen molar-refractivity contribution in [2.75, 3.05) is 6.61 Å². The van der Waals surface area contributed by atoms with Crippen molar-refractivity contribution >= 4 is 40.5 Å². The molecule has 0 bridgehead atoms. The quantitative estimate of drug-likeness (QED) is 0.604. The Morgan fingerprint density at radius 1 is 1.30 bits per heavy atom. The molecule has 3 rings (SSSR count). The first-order valence-electron chi connectivity index (χ1n) is 6.86. The largest absolute Gasteiger partial charge is 0.461 e. The Bertz CT molecular complexity index is 844. The smallest absolute Gasteiger partial charge is 0.358 e. The van der Waals surface area contributed by atoms with E-state index in [4.69, 9.17) is 27.9 Å². The number of halogens is 2. The third-order valence-corrected chi connectivity index (χ3v) is 4.54. The Balaban J connectivity index is 2.16. The Hall–Kier alpha value is -1.82. The summed E-state index contributed by atoms with van der Waals surface area (Å²) in [5.74, 6) is -0.464. The Labute approximate surface area is 147 Å². The van der Waals surface area contributed by atoms with E-state index in [-0.39, 0.29) is 5.69 Å². The van der Waals surface area contributed by atoms with Gasteiger partial charge in [0.1, 0.15) is 0 Å². The summed E-state index contributed by atoms with van der Waals surface area (Å²) in [6, 6.07) is 10.7. The van der Waals surface area contributed by atoms with Crippen LogP contribution in [-0.4, -0.2) is 22.4 Å². The van der Waals surface area contributed by atoms with Crippen LogP contribution in [0.15, 0.2) is 41.8 Å². The number of ether oxygens (including phenoxy) is 1. The van der Waals surface area contributed by atoms with E-state index >= 15 is 0 Å². The molecular formula is C16H12Cl2N2O2S. The SMILES string of the molecule is CCOC(=O)c1cc(-c2cccs2)n(-c2ccc(Cl)cc2Cl)n1. The molecule has 0 aliphatic carbocycles. The second-order valence-electron chi connectivity index (χ2n) is 4.62. The van der Waals surface area contributed by atoms with Gasteiger partial charge in [0.25, 0.3) is 0 Å². The van der Waals surface area contributed by atoms with Crippen LogP contribution < -0.4 is 0 Å². The predicted molar refractivity (Wildman–Crippen MR) is 92.9 cm³/mol. The molecule has 0 aliphatic heterocycles. The first-order valence-corrected chi connectivity index (χ1v) is 8.50. The van der Waals surface area contributed by atoms with E-state index in [1.54, 1.807) is 47.2 Å². The summed E-state index contributed by atoms with van der Waals surface area (Å²) in [4.78, 5) is 13.0. The van der Waals surface area contributed by atoms with Gasteiger partial charge in [-0.2, -0.15) is 5.10 Å². The van der Waals surface area contributed by atoms with E-state index < -0.39 is 5.97 Å². The molecule has 0 spiro atoms. The van der Waals surface area contributed by atoms with Gasteiger partial charge < -0.3 is 4.74 Å². The highest BCUT2D eigenvalue weighted by Crippen LogP contribution is 2.31. The van der Waals surface area contributed by atoms with E-state index in [2.05, 4.69) is 5.10 Å². The van der Waals surface area contributed by atoms with Gasteiger partial charge in [0.2, 0.25) is 0 Å². The van der Waals surface area contributed by atoms with E-state index in [9.17, 15) is 4.79 Å². The van der Waals surface area contributed by atoms with Gasteiger partial charge in [0.15, 0.2) is 5.69 Å². The molecule has 2 aromatic heterocycles. The molecule has 23 heavy (non-hydrogen) atoms. The number of carbonyl (C=O) groups is 1. The average Bonchev–Trinajstić information content (AvgIpc) is 3.16. The molecule has 1 aromatic carbocycles. The summed E-state index contributed by atoms with van der Waals surface area (Å²) in [6.07, 6.45) is 0. The summed E-state index contributed by atoms with van der Waals surface area (Å²) < 4.78 is 6.67. The van der Waals surface area contributed by atoms with Gasteiger partial charge in [-0.3, -0.25) is 0 Å². The summed E-state index contributed by atoms with van der Waals surface area (Å²) in [7, 11) is 0. The number of rotatable bonds is 4. The van der Waals surface area contributed by atoms with Crippen molar-refractivity contribution in [3.05, 3.63) is 57.5 Å². The van der Waals surface area contributed by atoms with Crippen LogP contribution in [0, 0.1) is 0 Å². The zero-order valence-corrected chi connectivity index (χ0v) is 14.5. The van der Waals surface area contributed by atoms with Gasteiger partial charge in [-0.05, 0) is 36.6 Å². The van der Waals surface area contributed by atoms with Crippen LogP contribution in [0.3, 0.4) is 0 Å². The van der Waals surface area contributed by atoms with Crippen molar-refractivity contribution in [2.45, 2.75) is 6.92 Å². The van der Waals surface area contributed by atoms with Crippen LogP contribution in [0.1, 0.15) is 17.4 Å². The summed E-state index contributed by atoms with van der Waals surface area (Å²) in [6.45, 7) is 2.05. The minimum atomic E-state index is -0.464. The molecule has 0 saturated heterocycles. The van der Waals surface area contributed by atoms with E-state index in [1.165, 1.54) is 0 Å². The molecular weight excluding hydrogens is 355 g/mol. The molecule has 0 N–H and O–H groups in total. The summed E-state index contributed by atoms with van der Waals surface area (Å²) >= 11 is 13.8. The molecule has 0 unspecified atom stereocenters. The third-order valence-electron chi connectivity index (χ3n) is 3.11. The highest BCUT2D eigenvalue weighted by molar-refractivity contribution is 7.13. The molecule has 0 aliphatic rings. The van der Waals surface area contributed by atoms with Crippen molar-refractivity contribution in [1.29, 1.82) is 0 Å². The van der Waals surface area contributed by atoms with E-state index in [0.717, 1.165) is 10.6 Å². The molecule has 0 saturated carbocycles. The molecule has 0 radical (unpaired) electrons. The first-order chi connectivity index (χ1) is 11.1. The highest BCUT2D eigenvalue weighted by Gasteiger charge is 2.19. The van der Waals surface area contributed by atoms with Crippen LogP contribution in [-0.2, 0) is 4.74 Å². The second-order valence-corrected chi connectivity index (χ2v) is 6.41. The van der Waals surface area contributed by atoms with Crippen LogP contribution in [0.5, 0.6) is 0 Å². The number of benzene rings is 1. The number of esters is 1. The lowest BCUT2D eigenvalue weighted by molar-refractivity contribution is 0.0519. The third kappa shape index (κ3) is 3.27. The molecule has 0 amide bonds.